The lowest BCUT2D eigenvalue weighted by molar-refractivity contribution is 0.0950. The van der Waals surface area contributed by atoms with E-state index < -0.39 is 0 Å². The number of nitrogens with one attached hydrogen (secondary N) is 1. The molecule has 1 N–H and O–H groups in total. The van der Waals surface area contributed by atoms with Gasteiger partial charge in [0.25, 0.3) is 5.91 Å². The van der Waals surface area contributed by atoms with Crippen LogP contribution in [-0.2, 0) is 13.1 Å². The number of amides is 1. The Hall–Kier alpha value is -2.42. The minimum absolute atomic E-state index is 0.166. The summed E-state index contributed by atoms with van der Waals surface area (Å²) in [7, 11) is 0. The summed E-state index contributed by atoms with van der Waals surface area (Å²) in [5.74, 6) is 0.141. The molecule has 10 heteroatoms. The van der Waals surface area contributed by atoms with Gasteiger partial charge in [-0.15, -0.1) is 0 Å². The topological polar surface area (TPSA) is 51.7 Å². The summed E-state index contributed by atoms with van der Waals surface area (Å²) in [5.41, 5.74) is 2.35. The molecule has 1 amide bonds. The van der Waals surface area contributed by atoms with Crippen LogP contribution < -0.4 is 10.2 Å². The van der Waals surface area contributed by atoms with Crippen LogP contribution in [0.5, 0.6) is 0 Å². The molecule has 3 aromatic rings. The highest BCUT2D eigenvalue weighted by Gasteiger charge is 2.28. The van der Waals surface area contributed by atoms with Gasteiger partial charge in [0.1, 0.15) is 11.6 Å². The Balaban J connectivity index is 1.08. The normalized spacial score (nSPS) is 17.4. The number of likely N-dealkylation sites (tertiary alicyclic amines) is 1. The van der Waals surface area contributed by atoms with Gasteiger partial charge in [-0.2, -0.15) is 0 Å². The molecule has 2 aliphatic rings. The molecular formula is C29H31Cl3FN5O. The third-order valence-corrected chi connectivity index (χ3v) is 8.36. The molecule has 0 unspecified atom stereocenters. The highest BCUT2D eigenvalue weighted by atomic mass is 35.5. The summed E-state index contributed by atoms with van der Waals surface area (Å²) in [6.07, 6.45) is 3.77. The van der Waals surface area contributed by atoms with Crippen LogP contribution in [0, 0.1) is 5.82 Å². The van der Waals surface area contributed by atoms with Gasteiger partial charge in [-0.1, -0.05) is 53.0 Å². The summed E-state index contributed by atoms with van der Waals surface area (Å²) >= 11 is 18.3. The number of hydrogen-bond acceptors (Lipinski definition) is 5. The highest BCUT2D eigenvalue weighted by Crippen LogP contribution is 2.27. The van der Waals surface area contributed by atoms with Crippen molar-refractivity contribution in [2.45, 2.75) is 32.0 Å². The van der Waals surface area contributed by atoms with Crippen molar-refractivity contribution in [2.75, 3.05) is 44.2 Å². The van der Waals surface area contributed by atoms with Crippen molar-refractivity contribution >= 4 is 46.5 Å². The van der Waals surface area contributed by atoms with E-state index in [0.29, 0.717) is 28.2 Å². The molecule has 2 saturated heterocycles. The first kappa shape index (κ1) is 28.1. The summed E-state index contributed by atoms with van der Waals surface area (Å²) in [5, 5.41) is 4.20. The predicted octanol–water partition coefficient (Wildman–Crippen LogP) is 5.90. The van der Waals surface area contributed by atoms with Crippen molar-refractivity contribution < 1.29 is 9.18 Å². The van der Waals surface area contributed by atoms with Crippen LogP contribution in [0.25, 0.3) is 0 Å². The zero-order chi connectivity index (χ0) is 27.4. The number of hydrogen-bond donors (Lipinski definition) is 1. The minimum atomic E-state index is -0.358. The lowest BCUT2D eigenvalue weighted by Crippen LogP contribution is -2.53. The Kier molecular flexibility index (Phi) is 9.25. The third kappa shape index (κ3) is 7.21. The Labute approximate surface area is 243 Å². The van der Waals surface area contributed by atoms with Gasteiger partial charge in [0.15, 0.2) is 0 Å². The van der Waals surface area contributed by atoms with Gasteiger partial charge in [0.2, 0.25) is 0 Å². The molecular weight excluding hydrogens is 560 g/mol. The Morgan fingerprint density at radius 1 is 0.897 bits per heavy atom. The number of piperidine rings is 1. The second-order valence-corrected chi connectivity index (χ2v) is 11.4. The van der Waals surface area contributed by atoms with E-state index in [-0.39, 0.29) is 16.7 Å². The van der Waals surface area contributed by atoms with E-state index in [2.05, 4.69) is 25.0 Å². The fourth-order valence-electron chi connectivity index (χ4n) is 5.31. The second kappa shape index (κ2) is 12.8. The molecule has 0 atom stereocenters. The maximum atomic E-state index is 13.8. The molecule has 2 aromatic carbocycles. The number of carbonyl (C=O) groups excluding carboxylic acids is 1. The fourth-order valence-corrected chi connectivity index (χ4v) is 5.84. The maximum Gasteiger partial charge on any atom is 0.253 e. The van der Waals surface area contributed by atoms with Crippen molar-refractivity contribution in [3.05, 3.63) is 92.3 Å². The molecule has 0 radical (unpaired) electrons. The number of rotatable bonds is 7. The first-order valence-corrected chi connectivity index (χ1v) is 14.3. The highest BCUT2D eigenvalue weighted by molar-refractivity contribution is 6.33. The summed E-state index contributed by atoms with van der Waals surface area (Å²) < 4.78 is 13.8. The standard InChI is InChI=1S/C29H31Cl3FN5O/c30-23-4-1-20(2-5-23)17-35-29(39)22-16-26(32)28(34-18-22)38-13-11-37(12-14-38)24-7-9-36(10-8-24)19-21-3-6-25(31)27(33)15-21/h1-6,15-16,18,24H,7-14,17,19H2,(H,35,39). The maximum absolute atomic E-state index is 13.8. The lowest BCUT2D eigenvalue weighted by atomic mass is 10.0. The first-order valence-electron chi connectivity index (χ1n) is 13.2. The van der Waals surface area contributed by atoms with Crippen molar-refractivity contribution in [1.29, 1.82) is 0 Å². The average Bonchev–Trinajstić information content (AvgIpc) is 2.95. The van der Waals surface area contributed by atoms with Gasteiger partial charge in [0, 0.05) is 56.5 Å². The Morgan fingerprint density at radius 3 is 2.26 bits per heavy atom. The minimum Gasteiger partial charge on any atom is -0.353 e. The Bertz CT molecular complexity index is 1290. The number of carbonyl (C=O) groups is 1. The van der Waals surface area contributed by atoms with Crippen LogP contribution in [0.2, 0.25) is 15.1 Å². The zero-order valence-corrected chi connectivity index (χ0v) is 23.8. The summed E-state index contributed by atoms with van der Waals surface area (Å²) in [6, 6.07) is 14.6. The number of pyridine rings is 1. The average molecular weight is 591 g/mol. The number of halogens is 4. The zero-order valence-electron chi connectivity index (χ0n) is 21.6. The molecule has 206 valence electrons. The largest absolute Gasteiger partial charge is 0.353 e. The van der Waals surface area contributed by atoms with Crippen molar-refractivity contribution in [3.63, 3.8) is 0 Å². The van der Waals surface area contributed by atoms with Crippen LogP contribution in [0.15, 0.2) is 54.7 Å². The molecule has 0 bridgehead atoms. The van der Waals surface area contributed by atoms with Crippen LogP contribution >= 0.6 is 34.8 Å². The smallest absolute Gasteiger partial charge is 0.253 e. The predicted molar refractivity (Wildman–Crippen MR) is 155 cm³/mol. The van der Waals surface area contributed by atoms with E-state index in [1.165, 1.54) is 6.07 Å². The quantitative estimate of drug-likeness (QED) is 0.372. The lowest BCUT2D eigenvalue weighted by Gasteiger charge is -2.43. The molecule has 2 fully saturated rings. The number of aromatic nitrogens is 1. The van der Waals surface area contributed by atoms with E-state index in [4.69, 9.17) is 34.8 Å². The van der Waals surface area contributed by atoms with E-state index in [1.54, 1.807) is 30.5 Å². The number of piperazine rings is 1. The molecule has 39 heavy (non-hydrogen) atoms. The van der Waals surface area contributed by atoms with Crippen molar-refractivity contribution in [2.24, 2.45) is 0 Å². The van der Waals surface area contributed by atoms with E-state index in [9.17, 15) is 9.18 Å². The van der Waals surface area contributed by atoms with Crippen LogP contribution in [0.4, 0.5) is 10.2 Å². The number of benzene rings is 2. The van der Waals surface area contributed by atoms with Crippen LogP contribution in [-0.4, -0.2) is 66.0 Å². The molecule has 0 aliphatic carbocycles. The molecule has 6 nitrogen and oxygen atoms in total. The molecule has 5 rings (SSSR count). The van der Waals surface area contributed by atoms with Crippen molar-refractivity contribution in [1.82, 2.24) is 20.1 Å². The van der Waals surface area contributed by atoms with E-state index in [0.717, 1.165) is 75.6 Å². The summed E-state index contributed by atoms with van der Waals surface area (Å²) in [6.45, 7) is 6.67. The van der Waals surface area contributed by atoms with Crippen LogP contribution in [0.1, 0.15) is 34.3 Å². The van der Waals surface area contributed by atoms with Crippen molar-refractivity contribution in [3.8, 4) is 0 Å². The monoisotopic (exact) mass is 589 g/mol. The molecule has 1 aromatic heterocycles. The summed E-state index contributed by atoms with van der Waals surface area (Å²) in [4.78, 5) is 24.3. The van der Waals surface area contributed by atoms with Gasteiger partial charge in [-0.3, -0.25) is 14.6 Å². The fraction of sp³-hybridized carbons (Fsp3) is 0.379. The van der Waals surface area contributed by atoms with Gasteiger partial charge >= 0.3 is 0 Å². The molecule has 3 heterocycles. The third-order valence-electron chi connectivity index (χ3n) is 7.53. The van der Waals surface area contributed by atoms with Gasteiger partial charge < -0.3 is 10.2 Å². The van der Waals surface area contributed by atoms with E-state index >= 15 is 0 Å². The van der Waals surface area contributed by atoms with Gasteiger partial charge in [-0.05, 0) is 67.4 Å². The Morgan fingerprint density at radius 2 is 1.59 bits per heavy atom. The first-order chi connectivity index (χ1) is 18.9. The number of nitrogens with zero attached hydrogens (tertiary/aromatic N) is 4. The molecule has 2 aliphatic heterocycles. The van der Waals surface area contributed by atoms with Gasteiger partial charge in [0.05, 0.1) is 15.6 Å². The molecule has 0 saturated carbocycles. The SMILES string of the molecule is O=C(NCc1ccc(Cl)cc1)c1cnc(N2CCN(C3CCN(Cc4ccc(Cl)c(F)c4)CC3)CC2)c(Cl)c1. The second-order valence-electron chi connectivity index (χ2n) is 10.1. The number of anilines is 1. The van der Waals surface area contributed by atoms with Crippen LogP contribution in [0.3, 0.4) is 0 Å². The van der Waals surface area contributed by atoms with Gasteiger partial charge in [-0.25, -0.2) is 9.37 Å². The van der Waals surface area contributed by atoms with E-state index in [1.807, 2.05) is 18.2 Å². The molecule has 0 spiro atoms.